The van der Waals surface area contributed by atoms with Crippen molar-refractivity contribution in [2.75, 3.05) is 19.7 Å². The molecule has 1 unspecified atom stereocenters. The predicted octanol–water partition coefficient (Wildman–Crippen LogP) is 3.19. The molecule has 1 aliphatic rings. The topological polar surface area (TPSA) is 24.5 Å². The normalized spacial score (nSPS) is 20.7. The molecule has 0 aromatic heterocycles. The van der Waals surface area contributed by atoms with E-state index in [2.05, 4.69) is 62.2 Å². The molecular weight excluding hydrogens is 260 g/mol. The molecule has 21 heavy (non-hydrogen) atoms. The Labute approximate surface area is 129 Å². The van der Waals surface area contributed by atoms with Crippen LogP contribution in [0.2, 0.25) is 0 Å². The largest absolute Gasteiger partial charge is 0.376 e. The van der Waals surface area contributed by atoms with Gasteiger partial charge in [0.05, 0.1) is 12.7 Å². The summed E-state index contributed by atoms with van der Waals surface area (Å²) in [5.74, 6) is 0. The van der Waals surface area contributed by atoms with Gasteiger partial charge in [0.15, 0.2) is 0 Å². The lowest BCUT2D eigenvalue weighted by atomic mass is 10.0. The van der Waals surface area contributed by atoms with E-state index in [1.165, 1.54) is 11.1 Å². The van der Waals surface area contributed by atoms with Crippen molar-refractivity contribution < 1.29 is 4.74 Å². The third-order valence-corrected chi connectivity index (χ3v) is 4.00. The lowest BCUT2D eigenvalue weighted by Gasteiger charge is -2.33. The molecular formula is C18H30N2O. The van der Waals surface area contributed by atoms with Crippen LogP contribution in [0.5, 0.6) is 0 Å². The number of rotatable bonds is 5. The minimum atomic E-state index is 0.152. The van der Waals surface area contributed by atoms with Gasteiger partial charge in [-0.3, -0.25) is 4.90 Å². The Bertz CT molecular complexity index is 439. The van der Waals surface area contributed by atoms with Crippen LogP contribution in [0.3, 0.4) is 0 Å². The SMILES string of the molecule is CCC1CN(Cc2ccccc2CNC(C)(C)C)CCO1. The maximum Gasteiger partial charge on any atom is 0.0700 e. The minimum Gasteiger partial charge on any atom is -0.376 e. The zero-order valence-corrected chi connectivity index (χ0v) is 14.0. The van der Waals surface area contributed by atoms with Gasteiger partial charge in [-0.15, -0.1) is 0 Å². The summed E-state index contributed by atoms with van der Waals surface area (Å²) < 4.78 is 5.76. The van der Waals surface area contributed by atoms with Gasteiger partial charge in [0.2, 0.25) is 0 Å². The second-order valence-electron chi connectivity index (χ2n) is 7.01. The molecule has 118 valence electrons. The van der Waals surface area contributed by atoms with Crippen LogP contribution in [0, 0.1) is 0 Å². The average molecular weight is 290 g/mol. The van der Waals surface area contributed by atoms with Crippen molar-refractivity contribution in [2.24, 2.45) is 0 Å². The fraction of sp³-hybridized carbons (Fsp3) is 0.667. The summed E-state index contributed by atoms with van der Waals surface area (Å²) in [5.41, 5.74) is 3.00. The van der Waals surface area contributed by atoms with E-state index >= 15 is 0 Å². The Kier molecular flexibility index (Phi) is 5.80. The molecule has 1 N–H and O–H groups in total. The highest BCUT2D eigenvalue weighted by Gasteiger charge is 2.19. The van der Waals surface area contributed by atoms with Crippen molar-refractivity contribution in [3.05, 3.63) is 35.4 Å². The van der Waals surface area contributed by atoms with Crippen molar-refractivity contribution in [3.8, 4) is 0 Å². The smallest absolute Gasteiger partial charge is 0.0700 e. The molecule has 0 amide bonds. The number of hydrogen-bond acceptors (Lipinski definition) is 3. The van der Waals surface area contributed by atoms with E-state index in [4.69, 9.17) is 4.74 Å². The first-order chi connectivity index (χ1) is 9.98. The van der Waals surface area contributed by atoms with Gasteiger partial charge in [0.25, 0.3) is 0 Å². The zero-order valence-electron chi connectivity index (χ0n) is 14.0. The summed E-state index contributed by atoms with van der Waals surface area (Å²) in [7, 11) is 0. The third-order valence-electron chi connectivity index (χ3n) is 4.00. The molecule has 3 heteroatoms. The molecule has 1 aliphatic heterocycles. The second-order valence-corrected chi connectivity index (χ2v) is 7.01. The highest BCUT2D eigenvalue weighted by Crippen LogP contribution is 2.16. The van der Waals surface area contributed by atoms with Crippen LogP contribution in [-0.4, -0.2) is 36.2 Å². The van der Waals surface area contributed by atoms with Crippen molar-refractivity contribution in [3.63, 3.8) is 0 Å². The van der Waals surface area contributed by atoms with Crippen LogP contribution in [0.4, 0.5) is 0 Å². The predicted molar refractivity (Wildman–Crippen MR) is 88.3 cm³/mol. The number of ether oxygens (including phenoxy) is 1. The van der Waals surface area contributed by atoms with Gasteiger partial charge in [-0.25, -0.2) is 0 Å². The molecule has 1 fully saturated rings. The fourth-order valence-electron chi connectivity index (χ4n) is 2.66. The van der Waals surface area contributed by atoms with E-state index < -0.39 is 0 Å². The third kappa shape index (κ3) is 5.42. The van der Waals surface area contributed by atoms with E-state index in [0.29, 0.717) is 6.10 Å². The average Bonchev–Trinajstić information content (AvgIpc) is 2.46. The maximum atomic E-state index is 5.76. The minimum absolute atomic E-state index is 0.152. The number of hydrogen-bond donors (Lipinski definition) is 1. The Morgan fingerprint density at radius 3 is 2.62 bits per heavy atom. The van der Waals surface area contributed by atoms with Gasteiger partial charge < -0.3 is 10.1 Å². The Hall–Kier alpha value is -0.900. The van der Waals surface area contributed by atoms with Gasteiger partial charge in [0.1, 0.15) is 0 Å². The van der Waals surface area contributed by atoms with E-state index in [-0.39, 0.29) is 5.54 Å². The standard InChI is InChI=1S/C18H30N2O/c1-5-17-14-20(10-11-21-17)13-16-9-7-6-8-15(16)12-19-18(2,3)4/h6-9,17,19H,5,10-14H2,1-4H3. The fourth-order valence-corrected chi connectivity index (χ4v) is 2.66. The Morgan fingerprint density at radius 1 is 1.24 bits per heavy atom. The van der Waals surface area contributed by atoms with Gasteiger partial charge >= 0.3 is 0 Å². The molecule has 0 radical (unpaired) electrons. The van der Waals surface area contributed by atoms with Gasteiger partial charge in [0, 0.05) is 31.7 Å². The summed E-state index contributed by atoms with van der Waals surface area (Å²) in [4.78, 5) is 2.52. The monoisotopic (exact) mass is 290 g/mol. The lowest BCUT2D eigenvalue weighted by molar-refractivity contribution is -0.0325. The second kappa shape index (κ2) is 7.39. The van der Waals surface area contributed by atoms with Crippen molar-refractivity contribution in [1.82, 2.24) is 10.2 Å². The summed E-state index contributed by atoms with van der Waals surface area (Å²) >= 11 is 0. The molecule has 0 aliphatic carbocycles. The lowest BCUT2D eigenvalue weighted by Crippen LogP contribution is -2.42. The van der Waals surface area contributed by atoms with Crippen LogP contribution in [-0.2, 0) is 17.8 Å². The molecule has 1 atom stereocenters. The molecule has 1 aromatic carbocycles. The number of benzene rings is 1. The molecule has 3 nitrogen and oxygen atoms in total. The number of morpholine rings is 1. The maximum absolute atomic E-state index is 5.76. The molecule has 1 heterocycles. The highest BCUT2D eigenvalue weighted by atomic mass is 16.5. The Balaban J connectivity index is 1.99. The summed E-state index contributed by atoms with van der Waals surface area (Å²) in [6, 6.07) is 8.78. The number of nitrogens with one attached hydrogen (secondary N) is 1. The molecule has 1 saturated heterocycles. The molecule has 0 saturated carbocycles. The first-order valence-electron chi connectivity index (χ1n) is 8.13. The van der Waals surface area contributed by atoms with Crippen molar-refractivity contribution in [2.45, 2.75) is 58.8 Å². The summed E-state index contributed by atoms with van der Waals surface area (Å²) in [6.07, 6.45) is 1.50. The van der Waals surface area contributed by atoms with Crippen molar-refractivity contribution >= 4 is 0 Å². The van der Waals surface area contributed by atoms with E-state index in [0.717, 1.165) is 39.2 Å². The van der Waals surface area contributed by atoms with Gasteiger partial charge in [-0.1, -0.05) is 31.2 Å². The molecule has 0 spiro atoms. The van der Waals surface area contributed by atoms with Crippen LogP contribution >= 0.6 is 0 Å². The Morgan fingerprint density at radius 2 is 1.95 bits per heavy atom. The van der Waals surface area contributed by atoms with E-state index in [1.54, 1.807) is 0 Å². The van der Waals surface area contributed by atoms with Crippen LogP contribution in [0.15, 0.2) is 24.3 Å². The molecule has 1 aromatic rings. The van der Waals surface area contributed by atoms with E-state index in [9.17, 15) is 0 Å². The first-order valence-corrected chi connectivity index (χ1v) is 8.13. The quantitative estimate of drug-likeness (QED) is 0.901. The summed E-state index contributed by atoms with van der Waals surface area (Å²) in [5, 5.41) is 3.59. The van der Waals surface area contributed by atoms with Crippen LogP contribution in [0.25, 0.3) is 0 Å². The van der Waals surface area contributed by atoms with E-state index in [1.807, 2.05) is 0 Å². The van der Waals surface area contributed by atoms with Crippen LogP contribution < -0.4 is 5.32 Å². The highest BCUT2D eigenvalue weighted by molar-refractivity contribution is 5.27. The zero-order chi connectivity index (χ0) is 15.3. The summed E-state index contributed by atoms with van der Waals surface area (Å²) in [6.45, 7) is 13.8. The molecule has 2 rings (SSSR count). The molecule has 0 bridgehead atoms. The van der Waals surface area contributed by atoms with Gasteiger partial charge in [-0.05, 0) is 38.3 Å². The van der Waals surface area contributed by atoms with Crippen molar-refractivity contribution in [1.29, 1.82) is 0 Å². The number of nitrogens with zero attached hydrogens (tertiary/aromatic N) is 1. The van der Waals surface area contributed by atoms with Crippen LogP contribution in [0.1, 0.15) is 45.2 Å². The van der Waals surface area contributed by atoms with Gasteiger partial charge in [-0.2, -0.15) is 0 Å². The first kappa shape index (κ1) is 16.5.